The number of hydrogen-bond acceptors (Lipinski definition) is 4. The predicted molar refractivity (Wildman–Crippen MR) is 149 cm³/mol. The van der Waals surface area contributed by atoms with Crippen LogP contribution in [0.15, 0.2) is 82.1 Å². The predicted octanol–water partition coefficient (Wildman–Crippen LogP) is 6.32. The van der Waals surface area contributed by atoms with Crippen molar-refractivity contribution in [2.24, 2.45) is 0 Å². The van der Waals surface area contributed by atoms with Crippen LogP contribution in [-0.4, -0.2) is 52.4 Å². The number of alkyl halides is 3. The molecule has 6 nitrogen and oxygen atoms in total. The average Bonchev–Trinajstić information content (AvgIpc) is 2.91. The number of para-hydroxylation sites is 1. The van der Waals surface area contributed by atoms with E-state index in [1.54, 1.807) is 48.5 Å². The summed E-state index contributed by atoms with van der Waals surface area (Å²) in [6.07, 6.45) is -4.21. The van der Waals surface area contributed by atoms with Crippen molar-refractivity contribution in [3.8, 4) is 5.69 Å². The van der Waals surface area contributed by atoms with Crippen molar-refractivity contribution in [2.75, 3.05) is 27.2 Å². The lowest BCUT2D eigenvalue weighted by Crippen LogP contribution is -2.42. The molecule has 39 heavy (non-hydrogen) atoms. The van der Waals surface area contributed by atoms with Crippen molar-refractivity contribution in [3.63, 3.8) is 0 Å². The summed E-state index contributed by atoms with van der Waals surface area (Å²) in [5, 5.41) is 0.420. The number of carbonyl (C=O) groups excluding carboxylic acids is 1. The number of likely N-dealkylation sites (N-methyl/N-ethyl adjacent to an activating group) is 1. The molecule has 3 aromatic carbocycles. The summed E-state index contributed by atoms with van der Waals surface area (Å²) in [5.74, 6) is -0.234. The molecule has 1 atom stereocenters. The standard InChI is InChI=1S/C29H28BrF3N4O2/c1-4-25(36(17-16-35(2)3)27(38)19-8-7-9-20(18-19)29(31,32)33)26-34-24-11-6-5-10-23(24)28(39)37(26)22-14-12-21(30)13-15-22/h5-15,18,25H,4,16-17H2,1-3H3. The Hall–Kier alpha value is -3.50. The third-order valence-electron chi connectivity index (χ3n) is 6.43. The molecule has 0 aliphatic carbocycles. The number of carbonyl (C=O) groups is 1. The molecule has 1 aromatic heterocycles. The first kappa shape index (κ1) is 28.5. The monoisotopic (exact) mass is 600 g/mol. The fourth-order valence-electron chi connectivity index (χ4n) is 4.46. The maximum Gasteiger partial charge on any atom is 0.416 e. The molecule has 1 amide bonds. The van der Waals surface area contributed by atoms with E-state index in [0.29, 0.717) is 35.4 Å². The van der Waals surface area contributed by atoms with Gasteiger partial charge < -0.3 is 9.80 Å². The number of fused-ring (bicyclic) bond motifs is 1. The van der Waals surface area contributed by atoms with Crippen molar-refractivity contribution < 1.29 is 18.0 Å². The highest BCUT2D eigenvalue weighted by Gasteiger charge is 2.33. The number of nitrogens with zero attached hydrogens (tertiary/aromatic N) is 4. The fraction of sp³-hybridized carbons (Fsp3) is 0.276. The van der Waals surface area contributed by atoms with Gasteiger partial charge in [0.1, 0.15) is 5.82 Å². The molecular formula is C29H28BrF3N4O2. The first-order valence-corrected chi connectivity index (χ1v) is 13.2. The maximum atomic E-state index is 13.9. The van der Waals surface area contributed by atoms with Crippen LogP contribution in [0.5, 0.6) is 0 Å². The van der Waals surface area contributed by atoms with Gasteiger partial charge in [-0.3, -0.25) is 14.2 Å². The maximum absolute atomic E-state index is 13.9. The Kier molecular flexibility index (Phi) is 8.56. The fourth-order valence-corrected chi connectivity index (χ4v) is 4.72. The second-order valence-corrected chi connectivity index (χ2v) is 10.3. The van der Waals surface area contributed by atoms with Crippen molar-refractivity contribution in [1.29, 1.82) is 0 Å². The minimum absolute atomic E-state index is 0.0830. The van der Waals surface area contributed by atoms with Gasteiger partial charge in [-0.15, -0.1) is 0 Å². The van der Waals surface area contributed by atoms with Gasteiger partial charge in [-0.2, -0.15) is 13.2 Å². The molecule has 0 N–H and O–H groups in total. The number of halogens is 4. The average molecular weight is 601 g/mol. The molecule has 0 bridgehead atoms. The number of benzene rings is 3. The van der Waals surface area contributed by atoms with Gasteiger partial charge in [-0.25, -0.2) is 4.98 Å². The Labute approximate surface area is 232 Å². The largest absolute Gasteiger partial charge is 0.416 e. The summed E-state index contributed by atoms with van der Waals surface area (Å²) in [6, 6.07) is 17.8. The van der Waals surface area contributed by atoms with Gasteiger partial charge in [0.15, 0.2) is 0 Å². The Morgan fingerprint density at radius 3 is 2.33 bits per heavy atom. The molecule has 0 saturated carbocycles. The van der Waals surface area contributed by atoms with E-state index in [1.807, 2.05) is 25.9 Å². The molecule has 204 valence electrons. The van der Waals surface area contributed by atoms with E-state index in [1.165, 1.54) is 21.6 Å². The molecule has 4 rings (SSSR count). The highest BCUT2D eigenvalue weighted by Crippen LogP contribution is 2.32. The van der Waals surface area contributed by atoms with E-state index in [9.17, 15) is 22.8 Å². The van der Waals surface area contributed by atoms with Crippen LogP contribution in [0.4, 0.5) is 13.2 Å². The molecule has 10 heteroatoms. The lowest BCUT2D eigenvalue weighted by molar-refractivity contribution is -0.137. The van der Waals surface area contributed by atoms with Crippen LogP contribution in [0, 0.1) is 0 Å². The molecule has 0 spiro atoms. The minimum Gasteiger partial charge on any atom is -0.327 e. The summed E-state index contributed by atoms with van der Waals surface area (Å²) < 4.78 is 42.7. The Morgan fingerprint density at radius 1 is 1.00 bits per heavy atom. The lowest BCUT2D eigenvalue weighted by atomic mass is 10.1. The number of aromatic nitrogens is 2. The second kappa shape index (κ2) is 11.7. The number of rotatable bonds is 8. The zero-order chi connectivity index (χ0) is 28.3. The molecule has 0 saturated heterocycles. The Morgan fingerprint density at radius 2 is 1.69 bits per heavy atom. The molecular weight excluding hydrogens is 573 g/mol. The number of hydrogen-bond donors (Lipinski definition) is 0. The number of amides is 1. The summed E-state index contributed by atoms with van der Waals surface area (Å²) in [6.45, 7) is 2.53. The van der Waals surface area contributed by atoms with Gasteiger partial charge in [0, 0.05) is 23.1 Å². The van der Waals surface area contributed by atoms with Crippen LogP contribution in [-0.2, 0) is 6.18 Å². The zero-order valence-corrected chi connectivity index (χ0v) is 23.3. The van der Waals surface area contributed by atoms with E-state index in [2.05, 4.69) is 15.9 Å². The first-order valence-electron chi connectivity index (χ1n) is 12.4. The van der Waals surface area contributed by atoms with Crippen molar-refractivity contribution in [2.45, 2.75) is 25.6 Å². The van der Waals surface area contributed by atoms with E-state index in [0.717, 1.165) is 16.6 Å². The quantitative estimate of drug-likeness (QED) is 0.237. The van der Waals surface area contributed by atoms with E-state index in [-0.39, 0.29) is 17.7 Å². The zero-order valence-electron chi connectivity index (χ0n) is 21.7. The second-order valence-electron chi connectivity index (χ2n) is 9.41. The Balaban J connectivity index is 1.92. The van der Waals surface area contributed by atoms with Crippen molar-refractivity contribution in [1.82, 2.24) is 19.4 Å². The first-order chi connectivity index (χ1) is 18.5. The van der Waals surface area contributed by atoms with E-state index >= 15 is 0 Å². The molecule has 0 aliphatic heterocycles. The van der Waals surface area contributed by atoms with E-state index in [4.69, 9.17) is 4.98 Å². The summed E-state index contributed by atoms with van der Waals surface area (Å²) in [4.78, 5) is 35.9. The van der Waals surface area contributed by atoms with Crippen molar-refractivity contribution in [3.05, 3.63) is 105 Å². The summed E-state index contributed by atoms with van der Waals surface area (Å²) in [7, 11) is 3.69. The van der Waals surface area contributed by atoms with Gasteiger partial charge >= 0.3 is 6.18 Å². The highest BCUT2D eigenvalue weighted by atomic mass is 79.9. The molecule has 0 aliphatic rings. The van der Waals surface area contributed by atoms with Gasteiger partial charge in [-0.1, -0.05) is 41.1 Å². The highest BCUT2D eigenvalue weighted by molar-refractivity contribution is 9.10. The van der Waals surface area contributed by atoms with Crippen LogP contribution in [0.1, 0.15) is 41.1 Å². The Bertz CT molecular complexity index is 1530. The summed E-state index contributed by atoms with van der Waals surface area (Å²) in [5.41, 5.74) is -0.238. The molecule has 0 fully saturated rings. The van der Waals surface area contributed by atoms with Crippen LogP contribution in [0.3, 0.4) is 0 Å². The molecule has 0 radical (unpaired) electrons. The van der Waals surface area contributed by atoms with Gasteiger partial charge in [-0.05, 0) is 75.1 Å². The van der Waals surface area contributed by atoms with Crippen molar-refractivity contribution >= 4 is 32.7 Å². The smallest absolute Gasteiger partial charge is 0.327 e. The SMILES string of the molecule is CCC(c1nc2ccccc2c(=O)n1-c1ccc(Br)cc1)N(CCN(C)C)C(=O)c1cccc(C(F)(F)F)c1. The van der Waals surface area contributed by atoms with Gasteiger partial charge in [0.2, 0.25) is 0 Å². The lowest BCUT2D eigenvalue weighted by Gasteiger charge is -2.33. The molecule has 1 heterocycles. The van der Waals surface area contributed by atoms with Gasteiger partial charge in [0.25, 0.3) is 11.5 Å². The molecule has 4 aromatic rings. The van der Waals surface area contributed by atoms with Crippen LogP contribution >= 0.6 is 15.9 Å². The van der Waals surface area contributed by atoms with Crippen LogP contribution < -0.4 is 5.56 Å². The third-order valence-corrected chi connectivity index (χ3v) is 6.96. The van der Waals surface area contributed by atoms with E-state index < -0.39 is 23.7 Å². The molecule has 1 unspecified atom stereocenters. The van der Waals surface area contributed by atoms with Crippen LogP contribution in [0.25, 0.3) is 16.6 Å². The third kappa shape index (κ3) is 6.23. The van der Waals surface area contributed by atoms with Gasteiger partial charge in [0.05, 0.1) is 28.2 Å². The topological polar surface area (TPSA) is 58.4 Å². The van der Waals surface area contributed by atoms with Crippen LogP contribution in [0.2, 0.25) is 0 Å². The summed E-state index contributed by atoms with van der Waals surface area (Å²) >= 11 is 3.42. The normalized spacial score (nSPS) is 12.6. The minimum atomic E-state index is -4.59.